The SMILES string of the molecule is Nc1cc(Cl)cc(C(=O)Nc2ccccc2CO)c1. The molecule has 0 aliphatic carbocycles. The highest BCUT2D eigenvalue weighted by atomic mass is 35.5. The van der Waals surface area contributed by atoms with Crippen LogP contribution in [0.3, 0.4) is 0 Å². The van der Waals surface area contributed by atoms with Crippen molar-refractivity contribution < 1.29 is 9.90 Å². The first kappa shape index (κ1) is 13.4. The number of hydrogen-bond acceptors (Lipinski definition) is 3. The van der Waals surface area contributed by atoms with Gasteiger partial charge >= 0.3 is 0 Å². The Labute approximate surface area is 115 Å². The Kier molecular flexibility index (Phi) is 4.04. The average molecular weight is 277 g/mol. The first-order valence-corrected chi connectivity index (χ1v) is 6.04. The molecule has 0 aliphatic heterocycles. The van der Waals surface area contributed by atoms with Crippen molar-refractivity contribution in [2.24, 2.45) is 0 Å². The average Bonchev–Trinajstić information content (AvgIpc) is 2.38. The number of halogens is 1. The van der Waals surface area contributed by atoms with E-state index in [-0.39, 0.29) is 12.5 Å². The fourth-order valence-corrected chi connectivity index (χ4v) is 1.96. The van der Waals surface area contributed by atoms with Crippen molar-refractivity contribution in [2.45, 2.75) is 6.61 Å². The van der Waals surface area contributed by atoms with Crippen LogP contribution in [0.2, 0.25) is 5.02 Å². The second kappa shape index (κ2) is 5.73. The molecule has 4 N–H and O–H groups in total. The molecule has 0 unspecified atom stereocenters. The maximum Gasteiger partial charge on any atom is 0.255 e. The standard InChI is InChI=1S/C14H13ClN2O2/c15-11-5-10(6-12(16)7-11)14(19)17-13-4-2-1-3-9(13)8-18/h1-7,18H,8,16H2,(H,17,19). The highest BCUT2D eigenvalue weighted by Crippen LogP contribution is 2.19. The summed E-state index contributed by atoms with van der Waals surface area (Å²) >= 11 is 5.86. The largest absolute Gasteiger partial charge is 0.399 e. The number of nitrogens with two attached hydrogens (primary N) is 1. The maximum atomic E-state index is 12.1. The monoisotopic (exact) mass is 276 g/mol. The summed E-state index contributed by atoms with van der Waals surface area (Å²) in [4.78, 5) is 12.1. The van der Waals surface area contributed by atoms with Crippen LogP contribution in [0.4, 0.5) is 11.4 Å². The van der Waals surface area contributed by atoms with Crippen molar-refractivity contribution >= 4 is 28.9 Å². The second-order valence-corrected chi connectivity index (χ2v) is 4.48. The Morgan fingerprint density at radius 3 is 2.68 bits per heavy atom. The molecule has 98 valence electrons. The third-order valence-corrected chi connectivity index (χ3v) is 2.84. The summed E-state index contributed by atoms with van der Waals surface area (Å²) < 4.78 is 0. The van der Waals surface area contributed by atoms with Gasteiger partial charge in [-0.25, -0.2) is 0 Å². The molecule has 0 saturated carbocycles. The number of amides is 1. The summed E-state index contributed by atoms with van der Waals surface area (Å²) in [6.45, 7) is -0.145. The first-order valence-electron chi connectivity index (χ1n) is 5.66. The van der Waals surface area contributed by atoms with Crippen molar-refractivity contribution in [3.8, 4) is 0 Å². The van der Waals surface area contributed by atoms with Crippen LogP contribution < -0.4 is 11.1 Å². The normalized spacial score (nSPS) is 10.2. The molecule has 2 aromatic carbocycles. The number of carbonyl (C=O) groups is 1. The zero-order valence-electron chi connectivity index (χ0n) is 10.1. The number of aliphatic hydroxyl groups is 1. The fraction of sp³-hybridized carbons (Fsp3) is 0.0714. The van der Waals surface area contributed by atoms with Gasteiger partial charge in [-0.3, -0.25) is 4.79 Å². The molecule has 0 aliphatic rings. The van der Waals surface area contributed by atoms with Gasteiger partial charge in [-0.05, 0) is 24.3 Å². The number of anilines is 2. The summed E-state index contributed by atoms with van der Waals surface area (Å²) in [6, 6.07) is 11.7. The van der Waals surface area contributed by atoms with Crippen molar-refractivity contribution in [1.29, 1.82) is 0 Å². The highest BCUT2D eigenvalue weighted by Gasteiger charge is 2.10. The Balaban J connectivity index is 2.25. The minimum Gasteiger partial charge on any atom is -0.399 e. The number of benzene rings is 2. The molecule has 0 saturated heterocycles. The van der Waals surface area contributed by atoms with Gasteiger partial charge in [-0.2, -0.15) is 0 Å². The Bertz CT molecular complexity index is 594. The molecular weight excluding hydrogens is 264 g/mol. The lowest BCUT2D eigenvalue weighted by Gasteiger charge is -2.10. The molecule has 0 heterocycles. The minimum absolute atomic E-state index is 0.145. The number of aliphatic hydroxyl groups excluding tert-OH is 1. The van der Waals surface area contributed by atoms with E-state index in [0.717, 1.165) is 0 Å². The first-order chi connectivity index (χ1) is 9.10. The minimum atomic E-state index is -0.324. The smallest absolute Gasteiger partial charge is 0.255 e. The summed E-state index contributed by atoms with van der Waals surface area (Å²) in [5.41, 5.74) is 7.65. The van der Waals surface area contributed by atoms with Gasteiger partial charge in [-0.15, -0.1) is 0 Å². The fourth-order valence-electron chi connectivity index (χ4n) is 1.72. The molecule has 1 amide bonds. The molecule has 5 heteroatoms. The van der Waals surface area contributed by atoms with E-state index in [1.54, 1.807) is 36.4 Å². The number of hydrogen-bond donors (Lipinski definition) is 3. The molecular formula is C14H13ClN2O2. The lowest BCUT2D eigenvalue weighted by atomic mass is 10.1. The van der Waals surface area contributed by atoms with Crippen LogP contribution in [0, 0.1) is 0 Å². The quantitative estimate of drug-likeness (QED) is 0.755. The molecule has 2 aromatic rings. The van der Waals surface area contributed by atoms with Gasteiger partial charge < -0.3 is 16.2 Å². The number of carbonyl (C=O) groups excluding carboxylic acids is 1. The zero-order valence-corrected chi connectivity index (χ0v) is 10.8. The second-order valence-electron chi connectivity index (χ2n) is 4.04. The van der Waals surface area contributed by atoms with E-state index < -0.39 is 0 Å². The summed E-state index contributed by atoms with van der Waals surface area (Å²) in [6.07, 6.45) is 0. The van der Waals surface area contributed by atoms with E-state index in [1.807, 2.05) is 0 Å². The van der Waals surface area contributed by atoms with Crippen LogP contribution >= 0.6 is 11.6 Å². The van der Waals surface area contributed by atoms with Crippen LogP contribution in [-0.2, 0) is 6.61 Å². The maximum absolute atomic E-state index is 12.1. The molecule has 0 atom stereocenters. The number of para-hydroxylation sites is 1. The number of rotatable bonds is 3. The van der Waals surface area contributed by atoms with Crippen LogP contribution in [0.5, 0.6) is 0 Å². The van der Waals surface area contributed by atoms with Gasteiger partial charge in [-0.1, -0.05) is 29.8 Å². The lowest BCUT2D eigenvalue weighted by Crippen LogP contribution is -2.13. The summed E-state index contributed by atoms with van der Waals surface area (Å²) in [7, 11) is 0. The van der Waals surface area contributed by atoms with E-state index in [1.165, 1.54) is 6.07 Å². The topological polar surface area (TPSA) is 75.4 Å². The number of nitrogen functional groups attached to an aromatic ring is 1. The van der Waals surface area contributed by atoms with Crippen molar-refractivity contribution in [3.05, 3.63) is 58.6 Å². The van der Waals surface area contributed by atoms with Gasteiger partial charge in [0, 0.05) is 27.5 Å². The van der Waals surface area contributed by atoms with E-state index in [4.69, 9.17) is 17.3 Å². The molecule has 19 heavy (non-hydrogen) atoms. The van der Waals surface area contributed by atoms with Crippen LogP contribution in [-0.4, -0.2) is 11.0 Å². The molecule has 0 bridgehead atoms. The van der Waals surface area contributed by atoms with Crippen LogP contribution in [0.15, 0.2) is 42.5 Å². The van der Waals surface area contributed by atoms with Gasteiger partial charge in [0.2, 0.25) is 0 Å². The van der Waals surface area contributed by atoms with Crippen LogP contribution in [0.25, 0.3) is 0 Å². The Hall–Kier alpha value is -2.04. The van der Waals surface area contributed by atoms with Gasteiger partial charge in [0.25, 0.3) is 5.91 Å². The lowest BCUT2D eigenvalue weighted by molar-refractivity contribution is 0.102. The predicted octanol–water partition coefficient (Wildman–Crippen LogP) is 2.67. The molecule has 0 radical (unpaired) electrons. The molecule has 0 spiro atoms. The van der Waals surface area contributed by atoms with Crippen molar-refractivity contribution in [1.82, 2.24) is 0 Å². The van der Waals surface area contributed by atoms with E-state index in [9.17, 15) is 9.90 Å². The summed E-state index contributed by atoms with van der Waals surface area (Å²) in [5.74, 6) is -0.324. The molecule has 2 rings (SSSR count). The highest BCUT2D eigenvalue weighted by molar-refractivity contribution is 6.31. The molecule has 0 aromatic heterocycles. The number of nitrogens with one attached hydrogen (secondary N) is 1. The third kappa shape index (κ3) is 3.24. The third-order valence-electron chi connectivity index (χ3n) is 2.62. The van der Waals surface area contributed by atoms with Crippen molar-refractivity contribution in [2.75, 3.05) is 11.1 Å². The van der Waals surface area contributed by atoms with Gasteiger partial charge in [0.1, 0.15) is 0 Å². The predicted molar refractivity (Wildman–Crippen MR) is 76.2 cm³/mol. The van der Waals surface area contributed by atoms with Gasteiger partial charge in [0.05, 0.1) is 6.61 Å². The van der Waals surface area contributed by atoms with Crippen LogP contribution in [0.1, 0.15) is 15.9 Å². The molecule has 4 nitrogen and oxygen atoms in total. The van der Waals surface area contributed by atoms with E-state index >= 15 is 0 Å². The van der Waals surface area contributed by atoms with Gasteiger partial charge in [0.15, 0.2) is 0 Å². The van der Waals surface area contributed by atoms with E-state index in [0.29, 0.717) is 27.5 Å². The summed E-state index contributed by atoms with van der Waals surface area (Å²) in [5, 5.41) is 12.3. The van der Waals surface area contributed by atoms with Crippen molar-refractivity contribution in [3.63, 3.8) is 0 Å². The van der Waals surface area contributed by atoms with E-state index in [2.05, 4.69) is 5.32 Å². The Morgan fingerprint density at radius 2 is 2.00 bits per heavy atom. The zero-order chi connectivity index (χ0) is 13.8. The molecule has 0 fully saturated rings. The Morgan fingerprint density at radius 1 is 1.26 bits per heavy atom.